The van der Waals surface area contributed by atoms with Gasteiger partial charge in [0.05, 0.1) is 17.7 Å². The summed E-state index contributed by atoms with van der Waals surface area (Å²) in [6, 6.07) is 12.4. The molecule has 0 unspecified atom stereocenters. The number of methoxy groups -OCH3 is 1. The molecule has 122 valence electrons. The van der Waals surface area contributed by atoms with Crippen molar-refractivity contribution in [1.29, 1.82) is 0 Å². The Morgan fingerprint density at radius 1 is 1.21 bits per heavy atom. The molecule has 1 heterocycles. The molecular weight excluding hydrogens is 342 g/mol. The Hall–Kier alpha value is -2.31. The minimum Gasteiger partial charge on any atom is -0.508 e. The predicted molar refractivity (Wildman–Crippen MR) is 101 cm³/mol. The highest BCUT2D eigenvalue weighted by Crippen LogP contribution is 2.36. The zero-order chi connectivity index (χ0) is 17.3. The molecule has 24 heavy (non-hydrogen) atoms. The molecule has 1 fully saturated rings. The highest BCUT2D eigenvalue weighted by Gasteiger charge is 2.33. The molecule has 1 saturated heterocycles. The summed E-state index contributed by atoms with van der Waals surface area (Å²) in [5.41, 5.74) is 2.32. The van der Waals surface area contributed by atoms with E-state index < -0.39 is 0 Å². The van der Waals surface area contributed by atoms with Crippen LogP contribution < -0.4 is 9.64 Å². The molecule has 0 saturated carbocycles. The average Bonchev–Trinajstić information content (AvgIpc) is 2.85. The molecule has 2 aromatic rings. The number of amides is 1. The lowest BCUT2D eigenvalue weighted by molar-refractivity contribution is -0.113. The lowest BCUT2D eigenvalue weighted by Gasteiger charge is -2.14. The molecule has 0 aromatic heterocycles. The summed E-state index contributed by atoms with van der Waals surface area (Å²) >= 11 is 6.62. The van der Waals surface area contributed by atoms with Gasteiger partial charge in [-0.1, -0.05) is 30.0 Å². The SMILES string of the molecule is COc1ccc(N2C(=O)C(=Cc3ccc(O)c(C)c3)SC2=S)cc1. The maximum atomic E-state index is 12.7. The van der Waals surface area contributed by atoms with Gasteiger partial charge in [-0.15, -0.1) is 0 Å². The van der Waals surface area contributed by atoms with Crippen molar-refractivity contribution in [2.24, 2.45) is 0 Å². The molecule has 1 amide bonds. The first-order valence-corrected chi connectivity index (χ1v) is 8.43. The fourth-order valence-corrected chi connectivity index (χ4v) is 3.64. The van der Waals surface area contributed by atoms with Crippen LogP contribution in [0.1, 0.15) is 11.1 Å². The predicted octanol–water partition coefficient (Wildman–Crippen LogP) is 4.12. The third-order valence-electron chi connectivity index (χ3n) is 3.64. The molecular formula is C18H15NO3S2. The molecule has 0 aliphatic carbocycles. The first-order valence-electron chi connectivity index (χ1n) is 7.21. The van der Waals surface area contributed by atoms with E-state index in [9.17, 15) is 9.90 Å². The van der Waals surface area contributed by atoms with E-state index in [2.05, 4.69) is 0 Å². The zero-order valence-electron chi connectivity index (χ0n) is 13.1. The number of thiocarbonyl (C=S) groups is 1. The average molecular weight is 357 g/mol. The third kappa shape index (κ3) is 3.16. The monoisotopic (exact) mass is 357 g/mol. The molecule has 0 spiro atoms. The van der Waals surface area contributed by atoms with Crippen molar-refractivity contribution in [1.82, 2.24) is 0 Å². The molecule has 1 aliphatic heterocycles. The third-order valence-corrected chi connectivity index (χ3v) is 4.95. The molecule has 3 rings (SSSR count). The van der Waals surface area contributed by atoms with E-state index in [1.165, 1.54) is 16.7 Å². The quantitative estimate of drug-likeness (QED) is 0.662. The van der Waals surface area contributed by atoms with Crippen LogP contribution in [0.4, 0.5) is 5.69 Å². The number of anilines is 1. The van der Waals surface area contributed by atoms with Crippen LogP contribution in [-0.4, -0.2) is 22.4 Å². The van der Waals surface area contributed by atoms with Crippen LogP contribution in [-0.2, 0) is 4.79 Å². The van der Waals surface area contributed by atoms with Crippen molar-refractivity contribution in [2.75, 3.05) is 12.0 Å². The van der Waals surface area contributed by atoms with Gasteiger partial charge in [0.1, 0.15) is 11.5 Å². The number of hydrogen-bond donors (Lipinski definition) is 1. The van der Waals surface area contributed by atoms with Gasteiger partial charge < -0.3 is 9.84 Å². The normalized spacial score (nSPS) is 16.1. The second kappa shape index (κ2) is 6.67. The fourth-order valence-electron chi connectivity index (χ4n) is 2.34. The van der Waals surface area contributed by atoms with Gasteiger partial charge >= 0.3 is 0 Å². The van der Waals surface area contributed by atoms with E-state index >= 15 is 0 Å². The number of phenols is 1. The number of rotatable bonds is 3. The number of aromatic hydroxyl groups is 1. The minimum atomic E-state index is -0.152. The van der Waals surface area contributed by atoms with Crippen molar-refractivity contribution >= 4 is 46.0 Å². The molecule has 0 radical (unpaired) electrons. The molecule has 1 aliphatic rings. The van der Waals surface area contributed by atoms with Gasteiger partial charge in [-0.3, -0.25) is 9.69 Å². The van der Waals surface area contributed by atoms with Gasteiger partial charge in [0.2, 0.25) is 0 Å². The highest BCUT2D eigenvalue weighted by atomic mass is 32.2. The maximum Gasteiger partial charge on any atom is 0.270 e. The molecule has 0 bridgehead atoms. The van der Waals surface area contributed by atoms with Crippen molar-refractivity contribution in [2.45, 2.75) is 6.92 Å². The van der Waals surface area contributed by atoms with Crippen LogP contribution in [0, 0.1) is 6.92 Å². The van der Waals surface area contributed by atoms with Crippen molar-refractivity contribution in [3.63, 3.8) is 0 Å². The zero-order valence-corrected chi connectivity index (χ0v) is 14.8. The van der Waals surface area contributed by atoms with E-state index in [1.807, 2.05) is 13.0 Å². The summed E-state index contributed by atoms with van der Waals surface area (Å²) in [4.78, 5) is 14.8. The summed E-state index contributed by atoms with van der Waals surface area (Å²) in [6.45, 7) is 1.81. The van der Waals surface area contributed by atoms with Crippen molar-refractivity contribution in [3.05, 3.63) is 58.5 Å². The summed E-state index contributed by atoms with van der Waals surface area (Å²) < 4.78 is 5.63. The van der Waals surface area contributed by atoms with Crippen LogP contribution in [0.2, 0.25) is 0 Å². The van der Waals surface area contributed by atoms with Crippen LogP contribution in [0.5, 0.6) is 11.5 Å². The van der Waals surface area contributed by atoms with Crippen molar-refractivity contribution < 1.29 is 14.6 Å². The number of thioether (sulfide) groups is 1. The van der Waals surface area contributed by atoms with Gasteiger partial charge in [0.25, 0.3) is 5.91 Å². The van der Waals surface area contributed by atoms with Gasteiger partial charge in [0, 0.05) is 0 Å². The number of aryl methyl sites for hydroxylation is 1. The summed E-state index contributed by atoms with van der Waals surface area (Å²) in [5, 5.41) is 9.60. The second-order valence-corrected chi connectivity index (χ2v) is 6.94. The van der Waals surface area contributed by atoms with Gasteiger partial charge in [-0.25, -0.2) is 0 Å². The molecule has 6 heteroatoms. The van der Waals surface area contributed by atoms with Crippen LogP contribution in [0.15, 0.2) is 47.4 Å². The second-order valence-electron chi connectivity index (χ2n) is 5.26. The number of ether oxygens (including phenoxy) is 1. The Kier molecular flexibility index (Phi) is 4.59. The van der Waals surface area contributed by atoms with E-state index in [1.54, 1.807) is 49.6 Å². The number of phenolic OH excluding ortho intramolecular Hbond substituents is 1. The van der Waals surface area contributed by atoms with Gasteiger partial charge in [0.15, 0.2) is 4.32 Å². The Morgan fingerprint density at radius 3 is 2.54 bits per heavy atom. The summed E-state index contributed by atoms with van der Waals surface area (Å²) in [5.74, 6) is 0.804. The first kappa shape index (κ1) is 16.5. The summed E-state index contributed by atoms with van der Waals surface area (Å²) in [6.07, 6.45) is 1.79. The molecule has 2 aromatic carbocycles. The smallest absolute Gasteiger partial charge is 0.270 e. The van der Waals surface area contributed by atoms with Crippen LogP contribution in [0.3, 0.4) is 0 Å². The van der Waals surface area contributed by atoms with E-state index in [-0.39, 0.29) is 11.7 Å². The number of nitrogens with zero attached hydrogens (tertiary/aromatic N) is 1. The molecule has 0 atom stereocenters. The summed E-state index contributed by atoms with van der Waals surface area (Å²) in [7, 11) is 1.59. The Morgan fingerprint density at radius 2 is 1.92 bits per heavy atom. The van der Waals surface area contributed by atoms with E-state index in [0.717, 1.165) is 16.9 Å². The van der Waals surface area contributed by atoms with Gasteiger partial charge in [-0.05, 0) is 60.5 Å². The lowest BCUT2D eigenvalue weighted by Crippen LogP contribution is -2.27. The first-order chi connectivity index (χ1) is 11.5. The Balaban J connectivity index is 1.90. The highest BCUT2D eigenvalue weighted by molar-refractivity contribution is 8.27. The maximum absolute atomic E-state index is 12.7. The van der Waals surface area contributed by atoms with E-state index in [4.69, 9.17) is 17.0 Å². The standard InChI is InChI=1S/C18H15NO3S2/c1-11-9-12(3-8-15(11)20)10-16-17(21)19(18(23)24-16)13-4-6-14(22-2)7-5-13/h3-10,20H,1-2H3. The van der Waals surface area contributed by atoms with E-state index in [0.29, 0.717) is 14.9 Å². The van der Waals surface area contributed by atoms with Crippen molar-refractivity contribution in [3.8, 4) is 11.5 Å². The Labute approximate surface area is 149 Å². The topological polar surface area (TPSA) is 49.8 Å². The van der Waals surface area contributed by atoms with Crippen LogP contribution in [0.25, 0.3) is 6.08 Å². The number of carbonyl (C=O) groups excluding carboxylic acids is 1. The number of benzene rings is 2. The fraction of sp³-hybridized carbons (Fsp3) is 0.111. The minimum absolute atomic E-state index is 0.152. The van der Waals surface area contributed by atoms with Gasteiger partial charge in [-0.2, -0.15) is 0 Å². The molecule has 4 nitrogen and oxygen atoms in total. The number of carbonyl (C=O) groups is 1. The molecule has 1 N–H and O–H groups in total. The number of hydrogen-bond acceptors (Lipinski definition) is 5. The lowest BCUT2D eigenvalue weighted by atomic mass is 10.1. The Bertz CT molecular complexity index is 844. The van der Waals surface area contributed by atoms with Crippen LogP contribution >= 0.6 is 24.0 Å². The largest absolute Gasteiger partial charge is 0.508 e.